The first-order valence-electron chi connectivity index (χ1n) is 6.79. The van der Waals surface area contributed by atoms with E-state index in [9.17, 15) is 9.59 Å². The third kappa shape index (κ3) is 8.88. The Morgan fingerprint density at radius 1 is 1.26 bits per heavy atom. The number of thioether (sulfide) groups is 1. The van der Waals surface area contributed by atoms with Crippen molar-refractivity contribution in [3.05, 3.63) is 0 Å². The fourth-order valence-electron chi connectivity index (χ4n) is 1.55. The van der Waals surface area contributed by atoms with E-state index in [1.807, 2.05) is 0 Å². The highest BCUT2D eigenvalue weighted by Gasteiger charge is 2.22. The number of nitrogens with two attached hydrogens (primary N) is 1. The van der Waals surface area contributed by atoms with Crippen molar-refractivity contribution < 1.29 is 19.4 Å². The Hall–Kier alpha value is -0.750. The van der Waals surface area contributed by atoms with Crippen LogP contribution in [0.5, 0.6) is 0 Å². The van der Waals surface area contributed by atoms with E-state index >= 15 is 0 Å². The molecule has 0 aromatic carbocycles. The lowest BCUT2D eigenvalue weighted by atomic mass is 10.1. The topological polar surface area (TPSA) is 89.6 Å². The van der Waals surface area contributed by atoms with Crippen LogP contribution in [0.1, 0.15) is 46.0 Å². The average Bonchev–Trinajstić information content (AvgIpc) is 2.37. The number of carboxylic acids is 1. The summed E-state index contributed by atoms with van der Waals surface area (Å²) in [6.45, 7) is 4.24. The number of ether oxygens (including phenoxy) is 1. The van der Waals surface area contributed by atoms with Crippen molar-refractivity contribution >= 4 is 23.7 Å². The van der Waals surface area contributed by atoms with Crippen molar-refractivity contribution in [2.75, 3.05) is 12.4 Å². The molecule has 0 amide bonds. The fraction of sp³-hybridized carbons (Fsp3) is 0.846. The lowest BCUT2D eigenvalue weighted by molar-refractivity contribution is -0.142. The molecule has 0 aromatic rings. The van der Waals surface area contributed by atoms with Crippen molar-refractivity contribution in [3.63, 3.8) is 0 Å². The summed E-state index contributed by atoms with van der Waals surface area (Å²) in [7, 11) is 0. The number of carbonyl (C=O) groups is 2. The largest absolute Gasteiger partial charge is 0.480 e. The molecule has 2 atom stereocenters. The van der Waals surface area contributed by atoms with Gasteiger partial charge in [-0.15, -0.1) is 11.8 Å². The Morgan fingerprint density at radius 3 is 2.47 bits per heavy atom. The molecular weight excluding hydrogens is 266 g/mol. The number of rotatable bonds is 11. The SMILES string of the molecule is CCCCCC[C@@H](SC[C@H](N)C(=O)O)C(=O)OCC. The minimum absolute atomic E-state index is 0.229. The summed E-state index contributed by atoms with van der Waals surface area (Å²) in [5, 5.41) is 8.42. The van der Waals surface area contributed by atoms with Gasteiger partial charge < -0.3 is 15.6 Å². The lowest BCUT2D eigenvalue weighted by Crippen LogP contribution is -2.34. The van der Waals surface area contributed by atoms with Gasteiger partial charge in [0.2, 0.25) is 0 Å². The molecule has 0 saturated heterocycles. The van der Waals surface area contributed by atoms with Gasteiger partial charge in [0.05, 0.1) is 6.61 Å². The van der Waals surface area contributed by atoms with E-state index in [0.29, 0.717) is 6.61 Å². The van der Waals surface area contributed by atoms with Gasteiger partial charge in [-0.2, -0.15) is 0 Å². The first-order valence-corrected chi connectivity index (χ1v) is 7.84. The van der Waals surface area contributed by atoms with Crippen LogP contribution in [0.25, 0.3) is 0 Å². The van der Waals surface area contributed by atoms with E-state index in [2.05, 4.69) is 6.92 Å². The summed E-state index contributed by atoms with van der Waals surface area (Å²) < 4.78 is 5.01. The molecule has 0 unspecified atom stereocenters. The zero-order chi connectivity index (χ0) is 14.7. The van der Waals surface area contributed by atoms with Crippen LogP contribution >= 0.6 is 11.8 Å². The Morgan fingerprint density at radius 2 is 1.95 bits per heavy atom. The standard InChI is InChI=1S/C13H25NO4S/c1-3-5-6-7-8-11(13(17)18-4-2)19-9-10(14)12(15)16/h10-11H,3-9,14H2,1-2H3,(H,15,16)/t10-,11+/m0/s1. The Kier molecular flexibility index (Phi) is 10.7. The van der Waals surface area contributed by atoms with E-state index in [-0.39, 0.29) is 17.0 Å². The van der Waals surface area contributed by atoms with Crippen LogP contribution in [-0.2, 0) is 14.3 Å². The summed E-state index contributed by atoms with van der Waals surface area (Å²) in [5.41, 5.74) is 5.44. The molecule has 0 bridgehead atoms. The zero-order valence-electron chi connectivity index (χ0n) is 11.8. The second-order valence-electron chi connectivity index (χ2n) is 4.37. The van der Waals surface area contributed by atoms with Gasteiger partial charge in [0.25, 0.3) is 0 Å². The van der Waals surface area contributed by atoms with E-state index in [1.54, 1.807) is 6.92 Å². The van der Waals surface area contributed by atoms with Crippen LogP contribution in [0.15, 0.2) is 0 Å². The third-order valence-electron chi connectivity index (χ3n) is 2.66. The highest BCUT2D eigenvalue weighted by molar-refractivity contribution is 8.00. The quantitative estimate of drug-likeness (QED) is 0.447. The first-order chi connectivity index (χ1) is 9.02. The predicted molar refractivity (Wildman–Crippen MR) is 77.2 cm³/mol. The molecule has 0 radical (unpaired) electrons. The second-order valence-corrected chi connectivity index (χ2v) is 5.60. The van der Waals surface area contributed by atoms with Gasteiger partial charge in [-0.25, -0.2) is 0 Å². The van der Waals surface area contributed by atoms with E-state index in [4.69, 9.17) is 15.6 Å². The zero-order valence-corrected chi connectivity index (χ0v) is 12.6. The fourth-order valence-corrected chi connectivity index (χ4v) is 2.67. The molecular formula is C13H25NO4S. The summed E-state index contributed by atoms with van der Waals surface area (Å²) in [6, 6.07) is -0.933. The van der Waals surface area contributed by atoms with Gasteiger partial charge >= 0.3 is 11.9 Å². The van der Waals surface area contributed by atoms with Crippen molar-refractivity contribution in [2.24, 2.45) is 5.73 Å². The van der Waals surface area contributed by atoms with Crippen LogP contribution in [0.2, 0.25) is 0 Å². The molecule has 0 aliphatic rings. The van der Waals surface area contributed by atoms with E-state index in [1.165, 1.54) is 11.8 Å². The smallest absolute Gasteiger partial charge is 0.321 e. The monoisotopic (exact) mass is 291 g/mol. The Balaban J connectivity index is 4.17. The maximum Gasteiger partial charge on any atom is 0.321 e. The van der Waals surface area contributed by atoms with Crippen molar-refractivity contribution in [3.8, 4) is 0 Å². The second kappa shape index (κ2) is 11.1. The molecule has 0 aromatic heterocycles. The molecule has 0 heterocycles. The van der Waals surface area contributed by atoms with Gasteiger partial charge in [0.1, 0.15) is 11.3 Å². The molecule has 19 heavy (non-hydrogen) atoms. The summed E-state index contributed by atoms with van der Waals surface area (Å²) in [5.74, 6) is -1.07. The van der Waals surface area contributed by atoms with Crippen molar-refractivity contribution in [2.45, 2.75) is 57.2 Å². The minimum Gasteiger partial charge on any atom is -0.480 e. The molecule has 0 aliphatic carbocycles. The predicted octanol–water partition coefficient (Wildman–Crippen LogP) is 2.03. The number of carboxylic acid groups (broad SMARTS) is 1. The van der Waals surface area contributed by atoms with E-state index in [0.717, 1.165) is 32.1 Å². The van der Waals surface area contributed by atoms with Crippen LogP contribution in [0.4, 0.5) is 0 Å². The van der Waals surface area contributed by atoms with Gasteiger partial charge in [0.15, 0.2) is 0 Å². The average molecular weight is 291 g/mol. The molecule has 0 saturated carbocycles. The highest BCUT2D eigenvalue weighted by atomic mass is 32.2. The van der Waals surface area contributed by atoms with Crippen molar-refractivity contribution in [1.29, 1.82) is 0 Å². The van der Waals surface area contributed by atoms with Crippen LogP contribution in [0, 0.1) is 0 Å². The highest BCUT2D eigenvalue weighted by Crippen LogP contribution is 2.20. The van der Waals surface area contributed by atoms with Gasteiger partial charge in [-0.05, 0) is 13.3 Å². The van der Waals surface area contributed by atoms with E-state index < -0.39 is 12.0 Å². The molecule has 6 heteroatoms. The first kappa shape index (κ1) is 18.2. The summed E-state index contributed by atoms with van der Waals surface area (Å²) in [6.07, 6.45) is 5.04. The van der Waals surface area contributed by atoms with Crippen LogP contribution < -0.4 is 5.73 Å². The van der Waals surface area contributed by atoms with Crippen LogP contribution in [-0.4, -0.2) is 40.7 Å². The minimum atomic E-state index is -1.04. The molecule has 0 fully saturated rings. The molecule has 0 aliphatic heterocycles. The molecule has 0 rings (SSSR count). The van der Waals surface area contributed by atoms with Gasteiger partial charge in [-0.3, -0.25) is 9.59 Å². The number of carbonyl (C=O) groups excluding carboxylic acids is 1. The molecule has 3 N–H and O–H groups in total. The number of unbranched alkanes of at least 4 members (excludes halogenated alkanes) is 3. The van der Waals surface area contributed by atoms with Crippen LogP contribution in [0.3, 0.4) is 0 Å². The number of hydrogen-bond donors (Lipinski definition) is 2. The Labute approximate surface area is 119 Å². The molecule has 112 valence electrons. The number of aliphatic carboxylic acids is 1. The normalized spacial score (nSPS) is 13.8. The lowest BCUT2D eigenvalue weighted by Gasteiger charge is -2.16. The third-order valence-corrected chi connectivity index (χ3v) is 4.05. The maximum atomic E-state index is 11.8. The summed E-state index contributed by atoms with van der Waals surface area (Å²) in [4.78, 5) is 22.4. The van der Waals surface area contributed by atoms with Gasteiger partial charge in [0, 0.05) is 5.75 Å². The maximum absolute atomic E-state index is 11.8. The number of esters is 1. The molecule has 0 spiro atoms. The summed E-state index contributed by atoms with van der Waals surface area (Å²) >= 11 is 1.28. The Bertz CT molecular complexity index is 273. The molecule has 5 nitrogen and oxygen atoms in total. The van der Waals surface area contributed by atoms with Crippen molar-refractivity contribution in [1.82, 2.24) is 0 Å². The van der Waals surface area contributed by atoms with Gasteiger partial charge in [-0.1, -0.05) is 32.6 Å². The number of hydrogen-bond acceptors (Lipinski definition) is 5.